The van der Waals surface area contributed by atoms with Gasteiger partial charge in [-0.3, -0.25) is 0 Å². The number of nitrogens with zero attached hydrogens (tertiary/aromatic N) is 1. The molecule has 0 spiro atoms. The maximum Gasteiger partial charge on any atom is 0.0389 e. The molecule has 1 atom stereocenters. The van der Waals surface area contributed by atoms with Crippen LogP contribution >= 0.6 is 0 Å². The van der Waals surface area contributed by atoms with Crippen LogP contribution in [0.2, 0.25) is 0 Å². The number of anilines is 2. The van der Waals surface area contributed by atoms with Gasteiger partial charge >= 0.3 is 0 Å². The minimum atomic E-state index is 0.777. The molecule has 0 bridgehead atoms. The summed E-state index contributed by atoms with van der Waals surface area (Å²) in [5, 5.41) is 0. The number of benzene rings is 1. The third kappa shape index (κ3) is 2.13. The van der Waals surface area contributed by atoms with Crippen molar-refractivity contribution in [3.05, 3.63) is 24.3 Å². The van der Waals surface area contributed by atoms with E-state index in [2.05, 4.69) is 23.1 Å². The predicted molar refractivity (Wildman–Crippen MR) is 73.2 cm³/mol. The van der Waals surface area contributed by atoms with Crippen molar-refractivity contribution in [3.63, 3.8) is 0 Å². The van der Waals surface area contributed by atoms with Crippen molar-refractivity contribution in [1.82, 2.24) is 0 Å². The molecule has 1 aromatic rings. The lowest BCUT2D eigenvalue weighted by Crippen LogP contribution is -2.34. The van der Waals surface area contributed by atoms with Gasteiger partial charge in [-0.05, 0) is 49.8 Å². The van der Waals surface area contributed by atoms with Crippen molar-refractivity contribution in [1.29, 1.82) is 0 Å². The van der Waals surface area contributed by atoms with Crippen molar-refractivity contribution < 1.29 is 0 Å². The molecule has 92 valence electrons. The molecule has 1 aliphatic heterocycles. The van der Waals surface area contributed by atoms with Gasteiger partial charge in [-0.15, -0.1) is 0 Å². The van der Waals surface area contributed by atoms with Gasteiger partial charge in [-0.25, -0.2) is 0 Å². The highest BCUT2D eigenvalue weighted by molar-refractivity contribution is 5.57. The highest BCUT2D eigenvalue weighted by Gasteiger charge is 2.33. The summed E-state index contributed by atoms with van der Waals surface area (Å²) in [7, 11) is 0. The van der Waals surface area contributed by atoms with Crippen molar-refractivity contribution in [2.75, 3.05) is 17.2 Å². The number of rotatable bonds is 2. The van der Waals surface area contributed by atoms with E-state index in [-0.39, 0.29) is 0 Å². The van der Waals surface area contributed by atoms with Gasteiger partial charge < -0.3 is 10.6 Å². The van der Waals surface area contributed by atoms with Crippen LogP contribution in [0.5, 0.6) is 0 Å². The molecule has 1 aromatic carbocycles. The van der Waals surface area contributed by atoms with Crippen molar-refractivity contribution in [2.45, 2.75) is 44.6 Å². The van der Waals surface area contributed by atoms with E-state index in [1.165, 1.54) is 50.8 Å². The zero-order valence-corrected chi connectivity index (χ0v) is 10.4. The summed E-state index contributed by atoms with van der Waals surface area (Å²) in [5.41, 5.74) is 8.12. The van der Waals surface area contributed by atoms with Gasteiger partial charge in [0, 0.05) is 24.0 Å². The van der Waals surface area contributed by atoms with E-state index < -0.39 is 0 Å². The molecule has 2 aliphatic rings. The highest BCUT2D eigenvalue weighted by atomic mass is 15.2. The number of nitrogen functional groups attached to an aromatic ring is 1. The SMILES string of the molecule is Nc1cccc(N2CCCC2C2CCCC2)c1. The van der Waals surface area contributed by atoms with Crippen molar-refractivity contribution >= 4 is 11.4 Å². The minimum Gasteiger partial charge on any atom is -0.399 e. The summed E-state index contributed by atoms with van der Waals surface area (Å²) < 4.78 is 0. The molecule has 2 heteroatoms. The lowest BCUT2D eigenvalue weighted by Gasteiger charge is -2.31. The van der Waals surface area contributed by atoms with Crippen LogP contribution in [0.25, 0.3) is 0 Å². The molecule has 2 N–H and O–H groups in total. The smallest absolute Gasteiger partial charge is 0.0389 e. The van der Waals surface area contributed by atoms with Gasteiger partial charge in [0.25, 0.3) is 0 Å². The molecule has 1 saturated heterocycles. The van der Waals surface area contributed by atoms with E-state index in [0.717, 1.165) is 17.6 Å². The second kappa shape index (κ2) is 4.59. The molecule has 0 amide bonds. The van der Waals surface area contributed by atoms with Crippen LogP contribution in [0.1, 0.15) is 38.5 Å². The zero-order valence-electron chi connectivity index (χ0n) is 10.4. The summed E-state index contributed by atoms with van der Waals surface area (Å²) in [6.07, 6.45) is 8.46. The lowest BCUT2D eigenvalue weighted by atomic mass is 9.95. The molecule has 1 saturated carbocycles. The number of hydrogen-bond donors (Lipinski definition) is 1. The molecule has 17 heavy (non-hydrogen) atoms. The van der Waals surface area contributed by atoms with Gasteiger partial charge in [0.05, 0.1) is 0 Å². The Balaban J connectivity index is 1.81. The first-order valence-electron chi connectivity index (χ1n) is 6.97. The topological polar surface area (TPSA) is 29.3 Å². The van der Waals surface area contributed by atoms with Crippen LogP contribution in [-0.4, -0.2) is 12.6 Å². The molecule has 0 radical (unpaired) electrons. The largest absolute Gasteiger partial charge is 0.399 e. The van der Waals surface area contributed by atoms with Crippen LogP contribution in [0.4, 0.5) is 11.4 Å². The lowest BCUT2D eigenvalue weighted by molar-refractivity contribution is 0.431. The number of hydrogen-bond acceptors (Lipinski definition) is 2. The molecular formula is C15H22N2. The fraction of sp³-hybridized carbons (Fsp3) is 0.600. The van der Waals surface area contributed by atoms with E-state index in [4.69, 9.17) is 5.73 Å². The fourth-order valence-corrected chi connectivity index (χ4v) is 3.65. The molecular weight excluding hydrogens is 208 g/mol. The first-order chi connectivity index (χ1) is 8.34. The van der Waals surface area contributed by atoms with E-state index in [1.807, 2.05) is 6.07 Å². The van der Waals surface area contributed by atoms with E-state index >= 15 is 0 Å². The van der Waals surface area contributed by atoms with Crippen molar-refractivity contribution in [2.24, 2.45) is 5.92 Å². The second-order valence-corrected chi connectivity index (χ2v) is 5.54. The monoisotopic (exact) mass is 230 g/mol. The van der Waals surface area contributed by atoms with Crippen LogP contribution in [-0.2, 0) is 0 Å². The standard InChI is InChI=1S/C15H22N2/c16-13-7-3-8-14(11-13)17-10-4-9-15(17)12-5-1-2-6-12/h3,7-8,11-12,15H,1-2,4-6,9-10,16H2. The Morgan fingerprint density at radius 1 is 1.06 bits per heavy atom. The molecule has 1 heterocycles. The van der Waals surface area contributed by atoms with Crippen LogP contribution in [0.3, 0.4) is 0 Å². The first-order valence-corrected chi connectivity index (χ1v) is 6.97. The fourth-order valence-electron chi connectivity index (χ4n) is 3.65. The Labute approximate surface area is 104 Å². The summed E-state index contributed by atoms with van der Waals surface area (Å²) in [4.78, 5) is 2.60. The summed E-state index contributed by atoms with van der Waals surface area (Å²) >= 11 is 0. The van der Waals surface area contributed by atoms with E-state index in [1.54, 1.807) is 0 Å². The van der Waals surface area contributed by atoms with Gasteiger partial charge in [0.1, 0.15) is 0 Å². The molecule has 3 rings (SSSR count). The van der Waals surface area contributed by atoms with Gasteiger partial charge in [-0.2, -0.15) is 0 Å². The third-order valence-corrected chi connectivity index (χ3v) is 4.45. The maximum absolute atomic E-state index is 5.90. The summed E-state index contributed by atoms with van der Waals surface area (Å²) in [6.45, 7) is 1.21. The highest BCUT2D eigenvalue weighted by Crippen LogP contribution is 2.37. The van der Waals surface area contributed by atoms with Crippen LogP contribution in [0, 0.1) is 5.92 Å². The second-order valence-electron chi connectivity index (χ2n) is 5.54. The quantitative estimate of drug-likeness (QED) is 0.789. The molecule has 2 fully saturated rings. The normalized spacial score (nSPS) is 25.6. The Kier molecular flexibility index (Phi) is 2.96. The van der Waals surface area contributed by atoms with Gasteiger partial charge in [0.2, 0.25) is 0 Å². The molecule has 2 nitrogen and oxygen atoms in total. The Morgan fingerprint density at radius 2 is 1.88 bits per heavy atom. The van der Waals surface area contributed by atoms with E-state index in [9.17, 15) is 0 Å². The average molecular weight is 230 g/mol. The van der Waals surface area contributed by atoms with Crippen LogP contribution < -0.4 is 10.6 Å². The Morgan fingerprint density at radius 3 is 2.65 bits per heavy atom. The Bertz CT molecular complexity index is 382. The van der Waals surface area contributed by atoms with Crippen molar-refractivity contribution in [3.8, 4) is 0 Å². The van der Waals surface area contributed by atoms with Gasteiger partial charge in [-0.1, -0.05) is 18.9 Å². The van der Waals surface area contributed by atoms with Gasteiger partial charge in [0.15, 0.2) is 0 Å². The third-order valence-electron chi connectivity index (χ3n) is 4.45. The maximum atomic E-state index is 5.90. The number of nitrogens with two attached hydrogens (primary N) is 1. The average Bonchev–Trinajstić information content (AvgIpc) is 3.00. The van der Waals surface area contributed by atoms with Crippen LogP contribution in [0.15, 0.2) is 24.3 Å². The first kappa shape index (κ1) is 10.9. The summed E-state index contributed by atoms with van der Waals surface area (Å²) in [6, 6.07) is 9.18. The molecule has 1 unspecified atom stereocenters. The minimum absolute atomic E-state index is 0.777. The summed E-state index contributed by atoms with van der Waals surface area (Å²) in [5.74, 6) is 0.930. The Hall–Kier alpha value is -1.18. The predicted octanol–water partition coefficient (Wildman–Crippen LogP) is 3.43. The zero-order chi connectivity index (χ0) is 11.7. The molecule has 0 aromatic heterocycles. The molecule has 1 aliphatic carbocycles. The van der Waals surface area contributed by atoms with E-state index in [0.29, 0.717) is 0 Å².